The summed E-state index contributed by atoms with van der Waals surface area (Å²) in [5.41, 5.74) is 1.49. The zero-order chi connectivity index (χ0) is 10.3. The Bertz CT molecular complexity index is 149. The topological polar surface area (TPSA) is 20.2 Å². The second-order valence-corrected chi connectivity index (χ2v) is 4.29. The van der Waals surface area contributed by atoms with E-state index in [4.69, 9.17) is 5.11 Å². The van der Waals surface area contributed by atoms with E-state index in [9.17, 15) is 0 Å². The minimum Gasteiger partial charge on any atom is -0.396 e. The normalized spacial score (nSPS) is 17.2. The average molecular weight is 184 g/mol. The van der Waals surface area contributed by atoms with Gasteiger partial charge in [0.25, 0.3) is 0 Å². The standard InChI is InChI=1S/C12H24O/c1-5-6-10(2)7-11(3)8-12(4)9-13/h6,11-13H,5,7-9H2,1-4H3. The fourth-order valence-corrected chi connectivity index (χ4v) is 1.83. The van der Waals surface area contributed by atoms with E-state index in [2.05, 4.69) is 33.8 Å². The molecule has 1 N–H and O–H groups in total. The maximum atomic E-state index is 8.91. The highest BCUT2D eigenvalue weighted by atomic mass is 16.3. The van der Waals surface area contributed by atoms with E-state index in [1.807, 2.05) is 0 Å². The van der Waals surface area contributed by atoms with Gasteiger partial charge in [0, 0.05) is 6.61 Å². The molecule has 0 bridgehead atoms. The zero-order valence-corrected chi connectivity index (χ0v) is 9.51. The highest BCUT2D eigenvalue weighted by Gasteiger charge is 2.07. The SMILES string of the molecule is CCC=C(C)CC(C)CC(C)CO. The van der Waals surface area contributed by atoms with E-state index in [1.54, 1.807) is 0 Å². The maximum Gasteiger partial charge on any atom is 0.0456 e. The third-order valence-corrected chi connectivity index (χ3v) is 2.34. The molecule has 0 amide bonds. The van der Waals surface area contributed by atoms with Crippen LogP contribution in [0.15, 0.2) is 11.6 Å². The summed E-state index contributed by atoms with van der Waals surface area (Å²) >= 11 is 0. The van der Waals surface area contributed by atoms with E-state index in [0.29, 0.717) is 18.4 Å². The summed E-state index contributed by atoms with van der Waals surface area (Å²) in [5.74, 6) is 1.15. The van der Waals surface area contributed by atoms with Crippen molar-refractivity contribution >= 4 is 0 Å². The van der Waals surface area contributed by atoms with E-state index < -0.39 is 0 Å². The summed E-state index contributed by atoms with van der Waals surface area (Å²) < 4.78 is 0. The van der Waals surface area contributed by atoms with Gasteiger partial charge in [0.05, 0.1) is 0 Å². The lowest BCUT2D eigenvalue weighted by Crippen LogP contribution is -2.07. The Balaban J connectivity index is 3.73. The van der Waals surface area contributed by atoms with Crippen LogP contribution in [0.4, 0.5) is 0 Å². The fourth-order valence-electron chi connectivity index (χ4n) is 1.83. The van der Waals surface area contributed by atoms with Crippen molar-refractivity contribution < 1.29 is 5.11 Å². The Morgan fingerprint density at radius 1 is 1.31 bits per heavy atom. The first-order valence-electron chi connectivity index (χ1n) is 5.36. The number of hydrogen-bond donors (Lipinski definition) is 1. The average Bonchev–Trinajstić information content (AvgIpc) is 2.04. The predicted molar refractivity (Wildman–Crippen MR) is 58.7 cm³/mol. The van der Waals surface area contributed by atoms with Gasteiger partial charge in [-0.15, -0.1) is 0 Å². The molecule has 0 aliphatic rings. The van der Waals surface area contributed by atoms with Crippen LogP contribution in [0.3, 0.4) is 0 Å². The molecular formula is C12H24O. The summed E-state index contributed by atoms with van der Waals surface area (Å²) in [6, 6.07) is 0. The molecule has 0 spiro atoms. The first kappa shape index (κ1) is 12.7. The Labute approximate surface area is 82.9 Å². The van der Waals surface area contributed by atoms with Gasteiger partial charge in [-0.25, -0.2) is 0 Å². The van der Waals surface area contributed by atoms with E-state index >= 15 is 0 Å². The molecule has 13 heavy (non-hydrogen) atoms. The van der Waals surface area contributed by atoms with E-state index in [0.717, 1.165) is 12.8 Å². The molecular weight excluding hydrogens is 160 g/mol. The largest absolute Gasteiger partial charge is 0.396 e. The Kier molecular flexibility index (Phi) is 6.97. The number of aliphatic hydroxyl groups excluding tert-OH is 1. The fraction of sp³-hybridized carbons (Fsp3) is 0.833. The Morgan fingerprint density at radius 3 is 2.38 bits per heavy atom. The molecule has 0 saturated heterocycles. The van der Waals surface area contributed by atoms with Gasteiger partial charge in [0.2, 0.25) is 0 Å². The molecule has 0 aromatic carbocycles. The van der Waals surface area contributed by atoms with Gasteiger partial charge in [-0.05, 0) is 38.0 Å². The molecule has 2 unspecified atom stereocenters. The van der Waals surface area contributed by atoms with Crippen molar-refractivity contribution in [1.29, 1.82) is 0 Å². The van der Waals surface area contributed by atoms with Gasteiger partial charge in [0.15, 0.2) is 0 Å². The number of rotatable bonds is 6. The van der Waals surface area contributed by atoms with Crippen LogP contribution in [0.25, 0.3) is 0 Å². The van der Waals surface area contributed by atoms with Crippen LogP contribution in [0.2, 0.25) is 0 Å². The van der Waals surface area contributed by atoms with Crippen LogP contribution >= 0.6 is 0 Å². The van der Waals surface area contributed by atoms with Gasteiger partial charge >= 0.3 is 0 Å². The summed E-state index contributed by atoms with van der Waals surface area (Å²) in [6.45, 7) is 9.06. The summed E-state index contributed by atoms with van der Waals surface area (Å²) in [5, 5.41) is 8.91. The van der Waals surface area contributed by atoms with Crippen LogP contribution in [-0.2, 0) is 0 Å². The zero-order valence-electron chi connectivity index (χ0n) is 9.51. The van der Waals surface area contributed by atoms with E-state index in [1.165, 1.54) is 12.0 Å². The van der Waals surface area contributed by atoms with Gasteiger partial charge in [-0.1, -0.05) is 32.4 Å². The lowest BCUT2D eigenvalue weighted by atomic mass is 9.92. The van der Waals surface area contributed by atoms with Crippen LogP contribution in [-0.4, -0.2) is 11.7 Å². The first-order chi connectivity index (χ1) is 6.10. The Morgan fingerprint density at radius 2 is 1.92 bits per heavy atom. The lowest BCUT2D eigenvalue weighted by Gasteiger charge is -2.15. The van der Waals surface area contributed by atoms with Crippen LogP contribution in [0.1, 0.15) is 47.0 Å². The lowest BCUT2D eigenvalue weighted by molar-refractivity contribution is 0.215. The van der Waals surface area contributed by atoms with Crippen molar-refractivity contribution in [3.05, 3.63) is 11.6 Å². The molecule has 0 aliphatic heterocycles. The van der Waals surface area contributed by atoms with Crippen molar-refractivity contribution in [2.24, 2.45) is 11.8 Å². The maximum absolute atomic E-state index is 8.91. The highest BCUT2D eigenvalue weighted by molar-refractivity contribution is 4.98. The third kappa shape index (κ3) is 6.83. The molecule has 78 valence electrons. The molecule has 0 aromatic rings. The molecule has 0 aliphatic carbocycles. The van der Waals surface area contributed by atoms with Crippen molar-refractivity contribution in [3.63, 3.8) is 0 Å². The quantitative estimate of drug-likeness (QED) is 0.627. The van der Waals surface area contributed by atoms with Crippen molar-refractivity contribution in [1.82, 2.24) is 0 Å². The third-order valence-electron chi connectivity index (χ3n) is 2.34. The molecule has 0 aromatic heterocycles. The molecule has 2 atom stereocenters. The minimum absolute atomic E-state index is 0.320. The van der Waals surface area contributed by atoms with Crippen LogP contribution in [0.5, 0.6) is 0 Å². The molecule has 0 radical (unpaired) electrons. The molecule has 0 heterocycles. The minimum atomic E-state index is 0.320. The van der Waals surface area contributed by atoms with Crippen LogP contribution in [0, 0.1) is 11.8 Å². The number of aliphatic hydroxyl groups is 1. The van der Waals surface area contributed by atoms with Gasteiger partial charge in [-0.2, -0.15) is 0 Å². The number of allylic oxidation sites excluding steroid dienone is 2. The molecule has 0 rings (SSSR count). The molecule has 1 nitrogen and oxygen atoms in total. The second kappa shape index (κ2) is 7.14. The molecule has 1 heteroatoms. The van der Waals surface area contributed by atoms with E-state index in [-0.39, 0.29) is 0 Å². The monoisotopic (exact) mass is 184 g/mol. The second-order valence-electron chi connectivity index (χ2n) is 4.29. The molecule has 0 fully saturated rings. The summed E-state index contributed by atoms with van der Waals surface area (Å²) in [4.78, 5) is 0. The van der Waals surface area contributed by atoms with Crippen molar-refractivity contribution in [2.45, 2.75) is 47.0 Å². The van der Waals surface area contributed by atoms with Crippen LogP contribution < -0.4 is 0 Å². The molecule has 0 saturated carbocycles. The summed E-state index contributed by atoms with van der Waals surface area (Å²) in [7, 11) is 0. The smallest absolute Gasteiger partial charge is 0.0456 e. The Hall–Kier alpha value is -0.300. The van der Waals surface area contributed by atoms with Crippen molar-refractivity contribution in [2.75, 3.05) is 6.61 Å². The van der Waals surface area contributed by atoms with Gasteiger partial charge in [-0.3, -0.25) is 0 Å². The summed E-state index contributed by atoms with van der Waals surface area (Å²) in [6.07, 6.45) is 5.73. The van der Waals surface area contributed by atoms with Crippen molar-refractivity contribution in [3.8, 4) is 0 Å². The first-order valence-corrected chi connectivity index (χ1v) is 5.36. The highest BCUT2D eigenvalue weighted by Crippen LogP contribution is 2.19. The predicted octanol–water partition coefficient (Wildman–Crippen LogP) is 3.39. The number of hydrogen-bond acceptors (Lipinski definition) is 1. The van der Waals surface area contributed by atoms with Gasteiger partial charge in [0.1, 0.15) is 0 Å². The van der Waals surface area contributed by atoms with Gasteiger partial charge < -0.3 is 5.11 Å².